The Morgan fingerprint density at radius 1 is 1.82 bits per heavy atom. The van der Waals surface area contributed by atoms with Crippen molar-refractivity contribution < 1.29 is 9.84 Å². The zero-order chi connectivity index (χ0) is 8.32. The molecule has 0 aromatic heterocycles. The molecule has 11 heavy (non-hydrogen) atoms. The summed E-state index contributed by atoms with van der Waals surface area (Å²) in [6, 6.07) is 0. The monoisotopic (exact) mass is 155 g/mol. The van der Waals surface area contributed by atoms with E-state index in [1.807, 2.05) is 13.0 Å². The van der Waals surface area contributed by atoms with Gasteiger partial charge in [0.15, 0.2) is 0 Å². The molecule has 0 saturated heterocycles. The third kappa shape index (κ3) is 1.80. The van der Waals surface area contributed by atoms with E-state index < -0.39 is 0 Å². The largest absolute Gasteiger partial charge is 0.481 e. The van der Waals surface area contributed by atoms with Crippen LogP contribution >= 0.6 is 0 Å². The second kappa shape index (κ2) is 3.05. The first-order valence-electron chi connectivity index (χ1n) is 3.60. The molecule has 1 heterocycles. The van der Waals surface area contributed by atoms with Gasteiger partial charge in [-0.2, -0.15) is 0 Å². The summed E-state index contributed by atoms with van der Waals surface area (Å²) in [5, 5.41) is 9.00. The number of nitrogens with zero attached hydrogens (tertiary/aromatic N) is 1. The average Bonchev–Trinajstić information content (AvgIpc) is 2.05. The lowest BCUT2D eigenvalue weighted by molar-refractivity contribution is 0.179. The molecule has 1 aliphatic heterocycles. The third-order valence-electron chi connectivity index (χ3n) is 1.82. The fourth-order valence-electron chi connectivity index (χ4n) is 0.960. The Morgan fingerprint density at radius 2 is 2.55 bits per heavy atom. The first-order valence-corrected chi connectivity index (χ1v) is 3.60. The van der Waals surface area contributed by atoms with Gasteiger partial charge in [-0.05, 0) is 12.5 Å². The van der Waals surface area contributed by atoms with Gasteiger partial charge < -0.3 is 9.84 Å². The zero-order valence-corrected chi connectivity index (χ0v) is 6.87. The molecule has 0 aromatic rings. The Bertz CT molecular complexity index is 198. The van der Waals surface area contributed by atoms with Crippen LogP contribution in [-0.2, 0) is 4.74 Å². The standard InChI is InChI=1S/C8H13NO2/c1-8(6-10)3-4-9-7(5-8)11-2/h4-5,10H,3,6H2,1-2H3. The van der Waals surface area contributed by atoms with E-state index in [2.05, 4.69) is 4.99 Å². The van der Waals surface area contributed by atoms with Gasteiger partial charge >= 0.3 is 0 Å². The van der Waals surface area contributed by atoms with Crippen LogP contribution < -0.4 is 0 Å². The van der Waals surface area contributed by atoms with Crippen LogP contribution in [0.5, 0.6) is 0 Å². The lowest BCUT2D eigenvalue weighted by Crippen LogP contribution is -2.22. The van der Waals surface area contributed by atoms with E-state index in [9.17, 15) is 0 Å². The van der Waals surface area contributed by atoms with E-state index in [0.717, 1.165) is 6.42 Å². The lowest BCUT2D eigenvalue weighted by atomic mass is 9.87. The molecule has 3 heteroatoms. The molecule has 0 amide bonds. The number of methoxy groups -OCH3 is 1. The van der Waals surface area contributed by atoms with Crippen LogP contribution in [0.4, 0.5) is 0 Å². The van der Waals surface area contributed by atoms with E-state index in [1.165, 1.54) is 0 Å². The summed E-state index contributed by atoms with van der Waals surface area (Å²) in [7, 11) is 1.58. The quantitative estimate of drug-likeness (QED) is 0.645. The average molecular weight is 155 g/mol. The summed E-state index contributed by atoms with van der Waals surface area (Å²) < 4.78 is 4.94. The molecule has 1 unspecified atom stereocenters. The van der Waals surface area contributed by atoms with Gasteiger partial charge in [-0.3, -0.25) is 0 Å². The van der Waals surface area contributed by atoms with Crippen LogP contribution in [0.2, 0.25) is 0 Å². The van der Waals surface area contributed by atoms with E-state index in [0.29, 0.717) is 5.88 Å². The number of aliphatic hydroxyl groups excluding tert-OH is 1. The molecule has 3 nitrogen and oxygen atoms in total. The van der Waals surface area contributed by atoms with Gasteiger partial charge in [-0.1, -0.05) is 6.92 Å². The molecular weight excluding hydrogens is 142 g/mol. The molecule has 0 saturated carbocycles. The van der Waals surface area contributed by atoms with E-state index in [-0.39, 0.29) is 12.0 Å². The Labute approximate surface area is 66.4 Å². The second-order valence-electron chi connectivity index (χ2n) is 3.01. The summed E-state index contributed by atoms with van der Waals surface area (Å²) >= 11 is 0. The Morgan fingerprint density at radius 3 is 3.09 bits per heavy atom. The summed E-state index contributed by atoms with van der Waals surface area (Å²) in [5.74, 6) is 0.591. The van der Waals surface area contributed by atoms with Gasteiger partial charge in [0.25, 0.3) is 0 Å². The van der Waals surface area contributed by atoms with Crippen molar-refractivity contribution in [1.82, 2.24) is 0 Å². The third-order valence-corrected chi connectivity index (χ3v) is 1.82. The first kappa shape index (κ1) is 8.27. The highest BCUT2D eigenvalue weighted by molar-refractivity contribution is 5.62. The molecule has 0 bridgehead atoms. The summed E-state index contributed by atoms with van der Waals surface area (Å²) in [4.78, 5) is 3.99. The predicted octanol–water partition coefficient (Wildman–Crippen LogP) is 0.947. The molecule has 0 aromatic carbocycles. The fourth-order valence-corrected chi connectivity index (χ4v) is 0.960. The maximum atomic E-state index is 9.00. The van der Waals surface area contributed by atoms with Gasteiger partial charge in [0.2, 0.25) is 5.88 Å². The summed E-state index contributed by atoms with van der Waals surface area (Å²) in [6.45, 7) is 2.10. The number of aliphatic hydroxyl groups is 1. The van der Waals surface area contributed by atoms with Crippen LogP contribution in [0.25, 0.3) is 0 Å². The fraction of sp³-hybridized carbons (Fsp3) is 0.625. The maximum absolute atomic E-state index is 9.00. The smallest absolute Gasteiger partial charge is 0.209 e. The van der Waals surface area contributed by atoms with Crippen molar-refractivity contribution in [2.24, 2.45) is 10.4 Å². The minimum Gasteiger partial charge on any atom is -0.481 e. The predicted molar refractivity (Wildman–Crippen MR) is 43.4 cm³/mol. The van der Waals surface area contributed by atoms with Crippen LogP contribution in [0.3, 0.4) is 0 Å². The minimum atomic E-state index is -0.187. The molecule has 1 atom stereocenters. The summed E-state index contributed by atoms with van der Waals surface area (Å²) in [5.41, 5.74) is -0.187. The Kier molecular flexibility index (Phi) is 2.29. The number of hydrogen-bond donors (Lipinski definition) is 1. The van der Waals surface area contributed by atoms with Gasteiger partial charge in [-0.15, -0.1) is 0 Å². The normalized spacial score (nSPS) is 29.9. The van der Waals surface area contributed by atoms with Gasteiger partial charge in [-0.25, -0.2) is 4.99 Å². The van der Waals surface area contributed by atoms with E-state index in [4.69, 9.17) is 9.84 Å². The van der Waals surface area contributed by atoms with Crippen molar-refractivity contribution in [2.75, 3.05) is 13.7 Å². The van der Waals surface area contributed by atoms with Crippen molar-refractivity contribution >= 4 is 6.21 Å². The Balaban J connectivity index is 2.75. The highest BCUT2D eigenvalue weighted by Crippen LogP contribution is 2.26. The lowest BCUT2D eigenvalue weighted by Gasteiger charge is -2.24. The molecule has 0 spiro atoms. The molecule has 0 aliphatic carbocycles. The van der Waals surface area contributed by atoms with Crippen LogP contribution in [0.15, 0.2) is 17.0 Å². The molecule has 0 radical (unpaired) electrons. The minimum absolute atomic E-state index is 0.131. The van der Waals surface area contributed by atoms with Gasteiger partial charge in [0, 0.05) is 11.6 Å². The van der Waals surface area contributed by atoms with E-state index in [1.54, 1.807) is 13.3 Å². The Hall–Kier alpha value is -0.830. The second-order valence-corrected chi connectivity index (χ2v) is 3.01. The SMILES string of the molecule is COC1=CC(C)(CO)CC=N1. The topological polar surface area (TPSA) is 41.8 Å². The van der Waals surface area contributed by atoms with Crippen LogP contribution in [-0.4, -0.2) is 25.0 Å². The highest BCUT2D eigenvalue weighted by Gasteiger charge is 2.23. The molecule has 1 aliphatic rings. The number of rotatable bonds is 2. The van der Waals surface area contributed by atoms with Crippen molar-refractivity contribution in [3.05, 3.63) is 12.0 Å². The molecule has 1 rings (SSSR count). The van der Waals surface area contributed by atoms with Crippen molar-refractivity contribution in [2.45, 2.75) is 13.3 Å². The highest BCUT2D eigenvalue weighted by atomic mass is 16.5. The number of aliphatic imine (C=N–C) groups is 1. The first-order chi connectivity index (χ1) is 5.20. The van der Waals surface area contributed by atoms with Crippen LogP contribution in [0, 0.1) is 5.41 Å². The van der Waals surface area contributed by atoms with Crippen molar-refractivity contribution in [3.63, 3.8) is 0 Å². The zero-order valence-electron chi connectivity index (χ0n) is 6.87. The molecular formula is C8H13NO2. The maximum Gasteiger partial charge on any atom is 0.209 e. The van der Waals surface area contributed by atoms with Crippen molar-refractivity contribution in [1.29, 1.82) is 0 Å². The number of hydrogen-bond acceptors (Lipinski definition) is 3. The number of ether oxygens (including phenoxy) is 1. The molecule has 1 N–H and O–H groups in total. The van der Waals surface area contributed by atoms with Gasteiger partial charge in [0.05, 0.1) is 13.7 Å². The molecule has 62 valence electrons. The van der Waals surface area contributed by atoms with Crippen molar-refractivity contribution in [3.8, 4) is 0 Å². The van der Waals surface area contributed by atoms with E-state index >= 15 is 0 Å². The summed E-state index contributed by atoms with van der Waals surface area (Å²) in [6.07, 6.45) is 4.40. The molecule has 0 fully saturated rings. The van der Waals surface area contributed by atoms with Crippen LogP contribution in [0.1, 0.15) is 13.3 Å². The van der Waals surface area contributed by atoms with Gasteiger partial charge in [0.1, 0.15) is 0 Å².